The molecule has 1 amide bonds. The van der Waals surface area contributed by atoms with E-state index in [9.17, 15) is 9.59 Å². The molecule has 0 atom stereocenters. The Bertz CT molecular complexity index is 1250. The van der Waals surface area contributed by atoms with E-state index in [1.165, 1.54) is 9.08 Å². The molecule has 2 heterocycles. The van der Waals surface area contributed by atoms with E-state index >= 15 is 0 Å². The van der Waals surface area contributed by atoms with Crippen molar-refractivity contribution in [1.82, 2.24) is 14.2 Å². The molecule has 1 N–H and O–H groups in total. The second kappa shape index (κ2) is 7.98. The number of hydrogen-bond donors (Lipinski definition) is 1. The van der Waals surface area contributed by atoms with Crippen LogP contribution in [0.1, 0.15) is 18.1 Å². The zero-order valence-corrected chi connectivity index (χ0v) is 15.9. The molecule has 0 saturated heterocycles. The molecule has 0 saturated carbocycles. The van der Waals surface area contributed by atoms with Gasteiger partial charge in [0.2, 0.25) is 5.91 Å². The van der Waals surface area contributed by atoms with Gasteiger partial charge in [0.1, 0.15) is 0 Å². The Labute approximate surface area is 167 Å². The number of amides is 1. The topological polar surface area (TPSA) is 68.4 Å². The third kappa shape index (κ3) is 4.16. The van der Waals surface area contributed by atoms with Gasteiger partial charge in [0.25, 0.3) is 0 Å². The molecular weight excluding hydrogens is 364 g/mol. The molecule has 0 spiro atoms. The van der Waals surface area contributed by atoms with E-state index in [1.54, 1.807) is 24.4 Å². The van der Waals surface area contributed by atoms with E-state index in [0.29, 0.717) is 17.9 Å². The molecular formula is C23H20N4O2. The predicted molar refractivity (Wildman–Crippen MR) is 114 cm³/mol. The molecule has 4 rings (SSSR count). The Kier molecular flexibility index (Phi) is 5.07. The van der Waals surface area contributed by atoms with Gasteiger partial charge in [-0.15, -0.1) is 5.10 Å². The number of rotatable bonds is 5. The number of hydrogen-bond acceptors (Lipinski definition) is 3. The number of fused-ring (bicyclic) bond motifs is 1. The van der Waals surface area contributed by atoms with Crippen LogP contribution >= 0.6 is 0 Å². The van der Waals surface area contributed by atoms with Gasteiger partial charge >= 0.3 is 5.69 Å². The average Bonchev–Trinajstić information content (AvgIpc) is 3.04. The van der Waals surface area contributed by atoms with Gasteiger partial charge in [0.05, 0.1) is 6.54 Å². The third-order valence-corrected chi connectivity index (χ3v) is 4.59. The molecule has 4 aromatic rings. The molecule has 6 heteroatoms. The van der Waals surface area contributed by atoms with Gasteiger partial charge in [0, 0.05) is 18.0 Å². The standard InChI is InChI=1S/C23H20N4O2/c1-17(19-9-3-2-4-10-19)14-22(28)24-20-11-7-8-18(15-20)16-27-23(29)26-13-6-5-12-21(26)25-27/h2-15H,16H2,1H3,(H,24,28). The Morgan fingerprint density at radius 1 is 1.03 bits per heavy atom. The van der Waals surface area contributed by atoms with Gasteiger partial charge in [-0.05, 0) is 47.9 Å². The molecule has 0 bridgehead atoms. The first-order valence-electron chi connectivity index (χ1n) is 9.28. The van der Waals surface area contributed by atoms with Crippen LogP contribution in [0.4, 0.5) is 5.69 Å². The van der Waals surface area contributed by atoms with Crippen LogP contribution in [0.25, 0.3) is 11.2 Å². The van der Waals surface area contributed by atoms with E-state index in [1.807, 2.05) is 67.6 Å². The minimum absolute atomic E-state index is 0.198. The van der Waals surface area contributed by atoms with Crippen molar-refractivity contribution in [3.8, 4) is 0 Å². The van der Waals surface area contributed by atoms with Crippen LogP contribution in [0.5, 0.6) is 0 Å². The van der Waals surface area contributed by atoms with Crippen LogP contribution in [0, 0.1) is 0 Å². The first kappa shape index (κ1) is 18.4. The number of aromatic nitrogens is 3. The smallest absolute Gasteiger partial charge is 0.322 e. The molecule has 0 aliphatic heterocycles. The maximum absolute atomic E-state index is 12.4. The van der Waals surface area contributed by atoms with Crippen LogP contribution in [0.3, 0.4) is 0 Å². The van der Waals surface area contributed by atoms with Crippen molar-refractivity contribution in [1.29, 1.82) is 0 Å². The van der Waals surface area contributed by atoms with Gasteiger partial charge in [0.15, 0.2) is 5.65 Å². The Hall–Kier alpha value is -3.93. The summed E-state index contributed by atoms with van der Waals surface area (Å²) in [7, 11) is 0. The summed E-state index contributed by atoms with van der Waals surface area (Å²) >= 11 is 0. The van der Waals surface area contributed by atoms with Gasteiger partial charge < -0.3 is 5.32 Å². The summed E-state index contributed by atoms with van der Waals surface area (Å²) in [5.41, 5.74) is 3.83. The predicted octanol–water partition coefficient (Wildman–Crippen LogP) is 3.59. The van der Waals surface area contributed by atoms with E-state index in [4.69, 9.17) is 0 Å². The molecule has 0 fully saturated rings. The van der Waals surface area contributed by atoms with Gasteiger partial charge in [-0.25, -0.2) is 9.48 Å². The number of carbonyl (C=O) groups is 1. The van der Waals surface area contributed by atoms with Crippen molar-refractivity contribution < 1.29 is 4.79 Å². The summed E-state index contributed by atoms with van der Waals surface area (Å²) in [5, 5.41) is 7.22. The number of pyridine rings is 1. The first-order chi connectivity index (χ1) is 14.1. The van der Waals surface area contributed by atoms with E-state index in [-0.39, 0.29) is 11.6 Å². The van der Waals surface area contributed by atoms with Crippen molar-refractivity contribution >= 4 is 22.8 Å². The van der Waals surface area contributed by atoms with Crippen molar-refractivity contribution in [2.24, 2.45) is 0 Å². The number of benzene rings is 2. The van der Waals surface area contributed by atoms with E-state index < -0.39 is 0 Å². The SMILES string of the molecule is CC(=CC(=O)Nc1cccc(Cn2nc3ccccn3c2=O)c1)c1ccccc1. The highest BCUT2D eigenvalue weighted by molar-refractivity contribution is 6.03. The normalized spacial score (nSPS) is 11.6. The monoisotopic (exact) mass is 384 g/mol. The second-order valence-corrected chi connectivity index (χ2v) is 6.75. The molecule has 0 radical (unpaired) electrons. The minimum Gasteiger partial charge on any atom is -0.322 e. The van der Waals surface area contributed by atoms with Crippen LogP contribution < -0.4 is 11.0 Å². The molecule has 2 aromatic carbocycles. The van der Waals surface area contributed by atoms with E-state index in [0.717, 1.165) is 16.7 Å². The van der Waals surface area contributed by atoms with Crippen molar-refractivity contribution in [2.45, 2.75) is 13.5 Å². The quantitative estimate of drug-likeness (QED) is 0.535. The van der Waals surface area contributed by atoms with E-state index in [2.05, 4.69) is 10.4 Å². The largest absolute Gasteiger partial charge is 0.350 e. The maximum atomic E-state index is 12.4. The number of nitrogens with zero attached hydrogens (tertiary/aromatic N) is 3. The molecule has 144 valence electrons. The summed E-state index contributed by atoms with van der Waals surface area (Å²) in [6.45, 7) is 2.23. The van der Waals surface area contributed by atoms with Gasteiger partial charge in [-0.2, -0.15) is 0 Å². The lowest BCUT2D eigenvalue weighted by molar-refractivity contribution is -0.111. The number of anilines is 1. The fourth-order valence-corrected chi connectivity index (χ4v) is 3.15. The number of allylic oxidation sites excluding steroid dienone is 1. The Balaban J connectivity index is 1.50. The fourth-order valence-electron chi connectivity index (χ4n) is 3.15. The van der Waals surface area contributed by atoms with Gasteiger partial charge in [-0.1, -0.05) is 48.5 Å². The molecule has 2 aromatic heterocycles. The molecule has 29 heavy (non-hydrogen) atoms. The Morgan fingerprint density at radius 2 is 1.83 bits per heavy atom. The molecule has 6 nitrogen and oxygen atoms in total. The zero-order valence-electron chi connectivity index (χ0n) is 15.9. The summed E-state index contributed by atoms with van der Waals surface area (Å²) in [5.74, 6) is -0.201. The number of carbonyl (C=O) groups excluding carboxylic acids is 1. The van der Waals surface area contributed by atoms with Crippen LogP contribution in [-0.4, -0.2) is 20.1 Å². The Morgan fingerprint density at radius 3 is 2.62 bits per heavy atom. The number of nitrogens with one attached hydrogen (secondary N) is 1. The molecule has 0 aliphatic rings. The second-order valence-electron chi connectivity index (χ2n) is 6.75. The van der Waals surface area contributed by atoms with Gasteiger partial charge in [-0.3, -0.25) is 9.20 Å². The van der Waals surface area contributed by atoms with Crippen LogP contribution in [0.2, 0.25) is 0 Å². The summed E-state index contributed by atoms with van der Waals surface area (Å²) < 4.78 is 2.92. The highest BCUT2D eigenvalue weighted by Gasteiger charge is 2.08. The summed E-state index contributed by atoms with van der Waals surface area (Å²) in [6.07, 6.45) is 3.27. The highest BCUT2D eigenvalue weighted by Crippen LogP contribution is 2.15. The summed E-state index contributed by atoms with van der Waals surface area (Å²) in [4.78, 5) is 24.8. The lowest BCUT2D eigenvalue weighted by atomic mass is 10.1. The highest BCUT2D eigenvalue weighted by atomic mass is 16.2. The summed E-state index contributed by atoms with van der Waals surface area (Å²) in [6, 6.07) is 22.6. The lowest BCUT2D eigenvalue weighted by Crippen LogP contribution is -2.21. The molecule has 0 aliphatic carbocycles. The van der Waals surface area contributed by atoms with Crippen molar-refractivity contribution in [3.05, 3.63) is 107 Å². The van der Waals surface area contributed by atoms with Crippen molar-refractivity contribution in [2.75, 3.05) is 5.32 Å². The van der Waals surface area contributed by atoms with Crippen LogP contribution in [0.15, 0.2) is 89.9 Å². The molecule has 0 unspecified atom stereocenters. The minimum atomic E-state index is -0.201. The first-order valence-corrected chi connectivity index (χ1v) is 9.28. The zero-order chi connectivity index (χ0) is 20.2. The van der Waals surface area contributed by atoms with Crippen molar-refractivity contribution in [3.63, 3.8) is 0 Å². The fraction of sp³-hybridized carbons (Fsp3) is 0.0870. The lowest BCUT2D eigenvalue weighted by Gasteiger charge is -2.07. The third-order valence-electron chi connectivity index (χ3n) is 4.59. The van der Waals surface area contributed by atoms with Crippen LogP contribution in [-0.2, 0) is 11.3 Å². The average molecular weight is 384 g/mol. The maximum Gasteiger partial charge on any atom is 0.350 e.